The fourth-order valence-electron chi connectivity index (χ4n) is 2.13. The summed E-state index contributed by atoms with van der Waals surface area (Å²) in [7, 11) is 0. The molecule has 4 nitrogen and oxygen atoms in total. The molecule has 0 fully saturated rings. The smallest absolute Gasteiger partial charge is 0.239 e. The molecule has 0 aromatic heterocycles. The van der Waals surface area contributed by atoms with E-state index in [0.29, 0.717) is 6.54 Å². The van der Waals surface area contributed by atoms with E-state index in [-0.39, 0.29) is 11.9 Å². The zero-order chi connectivity index (χ0) is 15.7. The normalized spacial score (nSPS) is 12.0. The average Bonchev–Trinajstić information content (AvgIpc) is 2.52. The lowest BCUT2D eigenvalue weighted by atomic mass is 10.2. The van der Waals surface area contributed by atoms with E-state index in [9.17, 15) is 4.79 Å². The average molecular weight is 292 g/mol. The highest BCUT2D eigenvalue weighted by atomic mass is 16.5. The molecule has 1 aromatic rings. The summed E-state index contributed by atoms with van der Waals surface area (Å²) in [6, 6.07) is 7.84. The van der Waals surface area contributed by atoms with Crippen molar-refractivity contribution in [2.45, 2.75) is 46.7 Å². The second-order valence-corrected chi connectivity index (χ2v) is 5.11. The van der Waals surface area contributed by atoms with Crippen molar-refractivity contribution in [2.24, 2.45) is 0 Å². The SMILES string of the molecule is CCCOc1cccc(CNC(C)C(=O)N(CC)CC)c1. The lowest BCUT2D eigenvalue weighted by molar-refractivity contribution is -0.132. The molecule has 1 atom stereocenters. The predicted octanol–water partition coefficient (Wildman–Crippen LogP) is 2.82. The van der Waals surface area contributed by atoms with Gasteiger partial charge in [0.05, 0.1) is 12.6 Å². The van der Waals surface area contributed by atoms with Crippen LogP contribution >= 0.6 is 0 Å². The van der Waals surface area contributed by atoms with Gasteiger partial charge in [-0.05, 0) is 44.9 Å². The Morgan fingerprint density at radius 2 is 2.00 bits per heavy atom. The minimum Gasteiger partial charge on any atom is -0.494 e. The summed E-state index contributed by atoms with van der Waals surface area (Å²) in [5, 5.41) is 3.28. The number of carbonyl (C=O) groups excluding carboxylic acids is 1. The Hall–Kier alpha value is -1.55. The largest absolute Gasteiger partial charge is 0.494 e. The van der Waals surface area contributed by atoms with Gasteiger partial charge >= 0.3 is 0 Å². The molecular weight excluding hydrogens is 264 g/mol. The van der Waals surface area contributed by atoms with Gasteiger partial charge in [-0.3, -0.25) is 4.79 Å². The highest BCUT2D eigenvalue weighted by Gasteiger charge is 2.17. The van der Waals surface area contributed by atoms with Crippen LogP contribution in [-0.4, -0.2) is 36.5 Å². The van der Waals surface area contributed by atoms with Crippen LogP contribution in [0.25, 0.3) is 0 Å². The molecule has 0 saturated heterocycles. The van der Waals surface area contributed by atoms with Gasteiger partial charge in [-0.15, -0.1) is 0 Å². The first-order valence-corrected chi connectivity index (χ1v) is 7.86. The Morgan fingerprint density at radius 3 is 2.62 bits per heavy atom. The van der Waals surface area contributed by atoms with Crippen LogP contribution in [0.5, 0.6) is 5.75 Å². The molecule has 1 N–H and O–H groups in total. The van der Waals surface area contributed by atoms with Crippen LogP contribution in [0.3, 0.4) is 0 Å². The van der Waals surface area contributed by atoms with Gasteiger partial charge in [0.15, 0.2) is 0 Å². The van der Waals surface area contributed by atoms with Crippen LogP contribution in [0, 0.1) is 0 Å². The summed E-state index contributed by atoms with van der Waals surface area (Å²) in [6.07, 6.45) is 0.998. The molecule has 1 amide bonds. The van der Waals surface area contributed by atoms with Crippen molar-refractivity contribution in [3.63, 3.8) is 0 Å². The van der Waals surface area contributed by atoms with Gasteiger partial charge in [-0.25, -0.2) is 0 Å². The van der Waals surface area contributed by atoms with E-state index >= 15 is 0 Å². The van der Waals surface area contributed by atoms with Crippen molar-refractivity contribution >= 4 is 5.91 Å². The summed E-state index contributed by atoms with van der Waals surface area (Å²) >= 11 is 0. The van der Waals surface area contributed by atoms with Gasteiger partial charge in [0.2, 0.25) is 5.91 Å². The van der Waals surface area contributed by atoms with Crippen LogP contribution in [0.15, 0.2) is 24.3 Å². The number of hydrogen-bond donors (Lipinski definition) is 1. The van der Waals surface area contributed by atoms with Gasteiger partial charge in [0.25, 0.3) is 0 Å². The van der Waals surface area contributed by atoms with Crippen molar-refractivity contribution in [3.05, 3.63) is 29.8 Å². The molecule has 0 aliphatic rings. The lowest BCUT2D eigenvalue weighted by Gasteiger charge is -2.23. The number of benzene rings is 1. The predicted molar refractivity (Wildman–Crippen MR) is 86.5 cm³/mol. The first-order valence-electron chi connectivity index (χ1n) is 7.86. The molecule has 1 aromatic carbocycles. The lowest BCUT2D eigenvalue weighted by Crippen LogP contribution is -2.44. The van der Waals surface area contributed by atoms with E-state index in [1.165, 1.54) is 0 Å². The molecule has 0 aliphatic heterocycles. The number of nitrogens with one attached hydrogen (secondary N) is 1. The molecule has 1 rings (SSSR count). The van der Waals surface area contributed by atoms with Crippen LogP contribution in [-0.2, 0) is 11.3 Å². The standard InChI is InChI=1S/C17H28N2O2/c1-5-11-21-16-10-8-9-15(12-16)13-18-14(4)17(20)19(6-2)7-3/h8-10,12,14,18H,5-7,11,13H2,1-4H3. The third kappa shape index (κ3) is 5.76. The highest BCUT2D eigenvalue weighted by molar-refractivity contribution is 5.81. The van der Waals surface area contributed by atoms with Crippen LogP contribution in [0.2, 0.25) is 0 Å². The second kappa shape index (κ2) is 9.40. The van der Waals surface area contributed by atoms with Crippen LogP contribution in [0.4, 0.5) is 0 Å². The number of likely N-dealkylation sites (N-methyl/N-ethyl adjacent to an activating group) is 1. The first kappa shape index (κ1) is 17.5. The summed E-state index contributed by atoms with van der Waals surface area (Å²) in [5.74, 6) is 1.04. The number of carbonyl (C=O) groups is 1. The Balaban J connectivity index is 2.52. The maximum absolute atomic E-state index is 12.2. The van der Waals surface area contributed by atoms with Crippen LogP contribution < -0.4 is 10.1 Å². The van der Waals surface area contributed by atoms with E-state index in [4.69, 9.17) is 4.74 Å². The van der Waals surface area contributed by atoms with Gasteiger partial charge in [-0.2, -0.15) is 0 Å². The Kier molecular flexibility index (Phi) is 7.83. The van der Waals surface area contributed by atoms with E-state index in [1.54, 1.807) is 0 Å². The monoisotopic (exact) mass is 292 g/mol. The molecule has 0 spiro atoms. The molecule has 0 bridgehead atoms. The minimum absolute atomic E-state index is 0.151. The van der Waals surface area contributed by atoms with Crippen molar-refractivity contribution in [1.82, 2.24) is 10.2 Å². The first-order chi connectivity index (χ1) is 10.1. The van der Waals surface area contributed by atoms with E-state index in [2.05, 4.69) is 12.2 Å². The molecule has 118 valence electrons. The quantitative estimate of drug-likeness (QED) is 0.761. The number of amides is 1. The molecule has 4 heteroatoms. The number of rotatable bonds is 9. The van der Waals surface area contributed by atoms with E-state index in [1.807, 2.05) is 49.9 Å². The zero-order valence-corrected chi connectivity index (χ0v) is 13.7. The van der Waals surface area contributed by atoms with Gasteiger partial charge in [0.1, 0.15) is 5.75 Å². The number of hydrogen-bond acceptors (Lipinski definition) is 3. The van der Waals surface area contributed by atoms with Crippen LogP contribution in [0.1, 0.15) is 39.7 Å². The summed E-state index contributed by atoms with van der Waals surface area (Å²) < 4.78 is 5.62. The van der Waals surface area contributed by atoms with Crippen molar-refractivity contribution < 1.29 is 9.53 Å². The van der Waals surface area contributed by atoms with Crippen molar-refractivity contribution in [2.75, 3.05) is 19.7 Å². The Bertz CT molecular complexity index is 431. The van der Waals surface area contributed by atoms with E-state index < -0.39 is 0 Å². The van der Waals surface area contributed by atoms with Gasteiger partial charge < -0.3 is 15.0 Å². The fourth-order valence-corrected chi connectivity index (χ4v) is 2.13. The summed E-state index contributed by atoms with van der Waals surface area (Å²) in [4.78, 5) is 14.0. The Labute approximate surface area is 128 Å². The second-order valence-electron chi connectivity index (χ2n) is 5.11. The minimum atomic E-state index is -0.176. The molecular formula is C17H28N2O2. The Morgan fingerprint density at radius 1 is 1.29 bits per heavy atom. The number of nitrogens with zero attached hydrogens (tertiary/aromatic N) is 1. The fraction of sp³-hybridized carbons (Fsp3) is 0.588. The molecule has 0 radical (unpaired) electrons. The molecule has 1 unspecified atom stereocenters. The summed E-state index contributed by atoms with van der Waals surface area (Å²) in [5.41, 5.74) is 1.13. The third-order valence-electron chi connectivity index (χ3n) is 3.43. The zero-order valence-electron chi connectivity index (χ0n) is 13.7. The topological polar surface area (TPSA) is 41.6 Å². The van der Waals surface area contributed by atoms with Gasteiger partial charge in [-0.1, -0.05) is 19.1 Å². The third-order valence-corrected chi connectivity index (χ3v) is 3.43. The molecule has 0 aliphatic carbocycles. The molecule has 0 heterocycles. The van der Waals surface area contributed by atoms with Crippen molar-refractivity contribution in [1.29, 1.82) is 0 Å². The number of ether oxygens (including phenoxy) is 1. The highest BCUT2D eigenvalue weighted by Crippen LogP contribution is 2.13. The maximum atomic E-state index is 12.2. The molecule has 0 saturated carbocycles. The maximum Gasteiger partial charge on any atom is 0.239 e. The van der Waals surface area contributed by atoms with Crippen molar-refractivity contribution in [3.8, 4) is 5.75 Å². The molecule has 21 heavy (non-hydrogen) atoms. The van der Waals surface area contributed by atoms with E-state index in [0.717, 1.165) is 37.4 Å². The van der Waals surface area contributed by atoms with Gasteiger partial charge in [0, 0.05) is 19.6 Å². The summed E-state index contributed by atoms with van der Waals surface area (Å²) in [6.45, 7) is 10.9.